The second kappa shape index (κ2) is 6.14. The molecule has 2 aromatic heterocycles. The predicted octanol–water partition coefficient (Wildman–Crippen LogP) is 4.12. The maximum atomic E-state index is 5.77. The molecule has 2 N–H and O–H groups in total. The van der Waals surface area contributed by atoms with Gasteiger partial charge in [-0.1, -0.05) is 70.0 Å². The lowest BCUT2D eigenvalue weighted by molar-refractivity contribution is 0.546. The van der Waals surface area contributed by atoms with Crippen molar-refractivity contribution in [1.82, 2.24) is 25.6 Å². The molecule has 7 heteroatoms. The summed E-state index contributed by atoms with van der Waals surface area (Å²) in [5, 5.41) is 14.7. The highest BCUT2D eigenvalue weighted by molar-refractivity contribution is 6.41. The molecule has 0 unspecified atom stereocenters. The lowest BCUT2D eigenvalue weighted by Gasteiger charge is -2.15. The molecule has 0 aliphatic rings. The van der Waals surface area contributed by atoms with Crippen molar-refractivity contribution in [2.24, 2.45) is 0 Å². The second-order valence-electron chi connectivity index (χ2n) is 6.58. The number of rotatable bonds is 0. The Balaban J connectivity index is 0.000000204. The van der Waals surface area contributed by atoms with Crippen molar-refractivity contribution in [2.75, 3.05) is 0 Å². The van der Waals surface area contributed by atoms with Gasteiger partial charge in [0, 0.05) is 16.5 Å². The van der Waals surface area contributed by atoms with Gasteiger partial charge >= 0.3 is 0 Å². The summed E-state index contributed by atoms with van der Waals surface area (Å²) in [5.41, 5.74) is 1.15. The summed E-state index contributed by atoms with van der Waals surface area (Å²) in [4.78, 5) is 3.02. The fourth-order valence-corrected chi connectivity index (χ4v) is 1.60. The van der Waals surface area contributed by atoms with Crippen LogP contribution in [0.2, 0.25) is 10.2 Å². The van der Waals surface area contributed by atoms with Gasteiger partial charge < -0.3 is 4.98 Å². The molecule has 20 heavy (non-hydrogen) atoms. The summed E-state index contributed by atoms with van der Waals surface area (Å²) < 4.78 is 0. The summed E-state index contributed by atoms with van der Waals surface area (Å²) in [6, 6.07) is 1.86. The minimum atomic E-state index is 0.00694. The van der Waals surface area contributed by atoms with E-state index in [9.17, 15) is 0 Å². The number of nitrogens with one attached hydrogen (secondary N) is 2. The highest BCUT2D eigenvalue weighted by atomic mass is 35.5. The minimum Gasteiger partial charge on any atom is -0.348 e. The zero-order valence-corrected chi connectivity index (χ0v) is 14.2. The van der Waals surface area contributed by atoms with E-state index in [1.165, 1.54) is 0 Å². The zero-order chi connectivity index (χ0) is 15.6. The van der Waals surface area contributed by atoms with Crippen LogP contribution in [0, 0.1) is 0 Å². The molecule has 0 atom stereocenters. The van der Waals surface area contributed by atoms with Gasteiger partial charge in [0.2, 0.25) is 0 Å². The Bertz CT molecular complexity index is 513. The number of hydrogen-bond acceptors (Lipinski definition) is 3. The van der Waals surface area contributed by atoms with Crippen LogP contribution in [0.5, 0.6) is 0 Å². The molecule has 0 aromatic carbocycles. The van der Waals surface area contributed by atoms with Crippen molar-refractivity contribution in [3.63, 3.8) is 0 Å². The van der Waals surface area contributed by atoms with Crippen LogP contribution in [0.4, 0.5) is 0 Å². The number of hydrogen-bond donors (Lipinski definition) is 2. The van der Waals surface area contributed by atoms with E-state index in [0.29, 0.717) is 10.2 Å². The Morgan fingerprint density at radius 3 is 1.80 bits per heavy atom. The van der Waals surface area contributed by atoms with E-state index >= 15 is 0 Å². The molecule has 0 saturated carbocycles. The monoisotopic (exact) mass is 317 g/mol. The zero-order valence-electron chi connectivity index (χ0n) is 12.7. The molecule has 0 aliphatic heterocycles. The quantitative estimate of drug-likeness (QED) is 0.768. The third kappa shape index (κ3) is 4.80. The first kappa shape index (κ1) is 17.0. The fourth-order valence-electron chi connectivity index (χ4n) is 1.29. The molecule has 2 rings (SSSR count). The van der Waals surface area contributed by atoms with Crippen LogP contribution in [0.1, 0.15) is 53.1 Å². The molecule has 2 heterocycles. The third-order valence-corrected chi connectivity index (χ3v) is 3.24. The van der Waals surface area contributed by atoms with Gasteiger partial charge in [-0.25, -0.2) is 0 Å². The molecule has 0 fully saturated rings. The first-order valence-electron chi connectivity index (χ1n) is 6.30. The number of tetrazole rings is 1. The Labute approximate surface area is 129 Å². The summed E-state index contributed by atoms with van der Waals surface area (Å²) in [6.45, 7) is 12.4. The molecule has 0 saturated heterocycles. The van der Waals surface area contributed by atoms with Gasteiger partial charge in [-0.15, -0.1) is 10.2 Å². The normalized spacial score (nSPS) is 12.0. The van der Waals surface area contributed by atoms with E-state index in [-0.39, 0.29) is 10.8 Å². The van der Waals surface area contributed by atoms with Gasteiger partial charge in [-0.2, -0.15) is 5.21 Å². The highest BCUT2D eigenvalue weighted by Crippen LogP contribution is 2.29. The van der Waals surface area contributed by atoms with Crippen LogP contribution in [0.15, 0.2) is 6.07 Å². The summed E-state index contributed by atoms with van der Waals surface area (Å²) in [5.74, 6) is 0.752. The van der Waals surface area contributed by atoms with Crippen molar-refractivity contribution in [1.29, 1.82) is 0 Å². The van der Waals surface area contributed by atoms with Crippen molar-refractivity contribution in [2.45, 2.75) is 52.4 Å². The van der Waals surface area contributed by atoms with Crippen molar-refractivity contribution < 1.29 is 0 Å². The van der Waals surface area contributed by atoms with Gasteiger partial charge in [0.25, 0.3) is 0 Å². The van der Waals surface area contributed by atoms with Gasteiger partial charge in [-0.05, 0) is 6.07 Å². The predicted molar refractivity (Wildman–Crippen MR) is 82.4 cm³/mol. The topological polar surface area (TPSA) is 70.2 Å². The largest absolute Gasteiger partial charge is 0.348 e. The van der Waals surface area contributed by atoms with Gasteiger partial charge in [0.15, 0.2) is 5.82 Å². The van der Waals surface area contributed by atoms with Crippen LogP contribution in [-0.4, -0.2) is 25.6 Å². The van der Waals surface area contributed by atoms with E-state index in [1.807, 2.05) is 26.8 Å². The Hall–Kier alpha value is -1.07. The van der Waals surface area contributed by atoms with Crippen LogP contribution in [-0.2, 0) is 10.8 Å². The summed E-state index contributed by atoms with van der Waals surface area (Å²) >= 11 is 11.5. The minimum absolute atomic E-state index is 0.00694. The lowest BCUT2D eigenvalue weighted by Crippen LogP contribution is -2.13. The second-order valence-corrected chi connectivity index (χ2v) is 7.37. The number of halogens is 2. The molecule has 5 nitrogen and oxygen atoms in total. The number of H-pyrrole nitrogens is 2. The number of aromatic amines is 2. The van der Waals surface area contributed by atoms with Gasteiger partial charge in [0.05, 0.1) is 5.02 Å². The van der Waals surface area contributed by atoms with Crippen molar-refractivity contribution >= 4 is 23.2 Å². The Kier molecular flexibility index (Phi) is 5.21. The standard InChI is InChI=1S/C8H11Cl2N.C5H10N4/c1-8(2,3)6-4-5(9)7(10)11-6;1-5(2,3)4-6-8-9-7-4/h4,11H,1-3H3;1-3H3,(H,6,7,8,9). The maximum absolute atomic E-state index is 5.77. The summed E-state index contributed by atoms with van der Waals surface area (Å²) in [7, 11) is 0. The van der Waals surface area contributed by atoms with Gasteiger partial charge in [0.1, 0.15) is 5.15 Å². The molecule has 0 aliphatic carbocycles. The molecule has 2 aromatic rings. The van der Waals surface area contributed by atoms with E-state index in [2.05, 4.69) is 46.4 Å². The maximum Gasteiger partial charge on any atom is 0.179 e. The molecule has 0 bridgehead atoms. The van der Waals surface area contributed by atoms with Gasteiger partial charge in [-0.3, -0.25) is 0 Å². The van der Waals surface area contributed by atoms with Crippen molar-refractivity contribution in [3.8, 4) is 0 Å². The molecule has 112 valence electrons. The smallest absolute Gasteiger partial charge is 0.179 e. The number of nitrogens with zero attached hydrogens (tertiary/aromatic N) is 3. The lowest BCUT2D eigenvalue weighted by atomic mass is 9.93. The third-order valence-electron chi connectivity index (χ3n) is 2.55. The molecule has 0 radical (unpaired) electrons. The fraction of sp³-hybridized carbons (Fsp3) is 0.615. The van der Waals surface area contributed by atoms with E-state index in [0.717, 1.165) is 11.5 Å². The first-order chi connectivity index (χ1) is 9.01. The van der Waals surface area contributed by atoms with E-state index in [4.69, 9.17) is 23.2 Å². The Morgan fingerprint density at radius 1 is 1.00 bits per heavy atom. The Morgan fingerprint density at radius 2 is 1.60 bits per heavy atom. The SMILES string of the molecule is CC(C)(C)c1cc(Cl)c(Cl)[nH]1.CC(C)(C)c1nn[nH]n1. The summed E-state index contributed by atoms with van der Waals surface area (Å²) in [6.07, 6.45) is 0. The molecular formula is C13H21Cl2N5. The van der Waals surface area contributed by atoms with Crippen LogP contribution in [0.3, 0.4) is 0 Å². The van der Waals surface area contributed by atoms with Crippen molar-refractivity contribution in [3.05, 3.63) is 27.8 Å². The van der Waals surface area contributed by atoms with E-state index in [1.54, 1.807) is 0 Å². The average Bonchev–Trinajstić information content (AvgIpc) is 2.88. The van der Waals surface area contributed by atoms with E-state index < -0.39 is 0 Å². The van der Waals surface area contributed by atoms with Crippen LogP contribution < -0.4 is 0 Å². The number of aromatic nitrogens is 5. The molecule has 0 spiro atoms. The van der Waals surface area contributed by atoms with Crippen LogP contribution in [0.25, 0.3) is 0 Å². The molecule has 0 amide bonds. The first-order valence-corrected chi connectivity index (χ1v) is 7.06. The molecular weight excluding hydrogens is 297 g/mol. The average molecular weight is 318 g/mol. The highest BCUT2D eigenvalue weighted by Gasteiger charge is 2.18. The van der Waals surface area contributed by atoms with Crippen LogP contribution >= 0.6 is 23.2 Å².